The fourth-order valence-corrected chi connectivity index (χ4v) is 11.3. The first-order valence-electron chi connectivity index (χ1n) is 14.3. The number of benzene rings is 2. The van der Waals surface area contributed by atoms with E-state index < -0.39 is 8.80 Å². The summed E-state index contributed by atoms with van der Waals surface area (Å²) in [5.74, 6) is 2.32. The number of ether oxygens (including phenoxy) is 2. The zero-order valence-corrected chi connectivity index (χ0v) is 25.3. The molecule has 0 bridgehead atoms. The molecule has 4 aliphatic carbocycles. The van der Waals surface area contributed by atoms with Gasteiger partial charge in [-0.3, -0.25) is 0 Å². The van der Waals surface area contributed by atoms with E-state index >= 15 is 0 Å². The lowest BCUT2D eigenvalue weighted by Gasteiger charge is -2.30. The summed E-state index contributed by atoms with van der Waals surface area (Å²) in [6, 6.07) is 17.2. The van der Waals surface area contributed by atoms with Crippen molar-refractivity contribution in [1.29, 1.82) is 0 Å². The fourth-order valence-electron chi connectivity index (χ4n) is 7.29. The third-order valence-electron chi connectivity index (χ3n) is 9.14. The van der Waals surface area contributed by atoms with Gasteiger partial charge in [0.25, 0.3) is 0 Å². The molecule has 4 aliphatic rings. The maximum absolute atomic E-state index is 5.42. The molecular formula is C37H38O2Si. The van der Waals surface area contributed by atoms with Crippen molar-refractivity contribution in [2.24, 2.45) is 0 Å². The van der Waals surface area contributed by atoms with Gasteiger partial charge in [-0.05, 0) is 82.6 Å². The Kier molecular flexibility index (Phi) is 7.25. The van der Waals surface area contributed by atoms with Crippen LogP contribution >= 0.6 is 0 Å². The molecule has 202 valence electrons. The van der Waals surface area contributed by atoms with Crippen molar-refractivity contribution in [3.63, 3.8) is 0 Å². The van der Waals surface area contributed by atoms with Crippen LogP contribution in [0.25, 0.3) is 0 Å². The Balaban J connectivity index is 1.36. The normalized spacial score (nSPS) is 25.7. The molecule has 2 aromatic rings. The summed E-state index contributed by atoms with van der Waals surface area (Å²) in [6.45, 7) is 7.32. The number of hydrogen-bond acceptors (Lipinski definition) is 2. The molecule has 0 heterocycles. The van der Waals surface area contributed by atoms with E-state index in [1.807, 2.05) is 0 Å². The molecule has 0 saturated carbocycles. The Morgan fingerprint density at radius 2 is 0.950 bits per heavy atom. The van der Waals surface area contributed by atoms with Crippen molar-refractivity contribution in [2.75, 3.05) is 14.2 Å². The fraction of sp³-hybridized carbons (Fsp3) is 0.243. The number of rotatable bonds is 6. The summed E-state index contributed by atoms with van der Waals surface area (Å²) < 4.78 is 10.8. The number of hydrogen-bond donors (Lipinski definition) is 0. The molecule has 3 heteroatoms. The molecule has 4 atom stereocenters. The highest BCUT2D eigenvalue weighted by Crippen LogP contribution is 2.53. The molecule has 0 spiro atoms. The molecule has 0 aromatic heterocycles. The van der Waals surface area contributed by atoms with Gasteiger partial charge in [0.2, 0.25) is 0 Å². The van der Waals surface area contributed by atoms with Crippen LogP contribution in [0.5, 0.6) is 11.5 Å². The third-order valence-corrected chi connectivity index (χ3v) is 13.0. The van der Waals surface area contributed by atoms with Gasteiger partial charge in [0, 0.05) is 11.8 Å². The van der Waals surface area contributed by atoms with E-state index in [9.17, 15) is 0 Å². The van der Waals surface area contributed by atoms with Crippen LogP contribution in [-0.4, -0.2) is 23.0 Å². The molecule has 0 radical (unpaired) electrons. The number of methoxy groups -OCH3 is 2. The first-order chi connectivity index (χ1) is 19.5. The lowest BCUT2D eigenvalue weighted by atomic mass is 9.89. The van der Waals surface area contributed by atoms with Crippen LogP contribution in [0.3, 0.4) is 0 Å². The van der Waals surface area contributed by atoms with Gasteiger partial charge in [-0.1, -0.05) is 103 Å². The average Bonchev–Trinajstić information content (AvgIpc) is 3.29. The van der Waals surface area contributed by atoms with Crippen molar-refractivity contribution in [3.05, 3.63) is 154 Å². The van der Waals surface area contributed by atoms with Crippen molar-refractivity contribution in [3.8, 4) is 11.5 Å². The molecule has 0 amide bonds. The molecule has 2 aromatic carbocycles. The van der Waals surface area contributed by atoms with E-state index in [4.69, 9.17) is 9.47 Å². The minimum Gasteiger partial charge on any atom is -0.497 e. The Morgan fingerprint density at radius 3 is 1.32 bits per heavy atom. The summed E-state index contributed by atoms with van der Waals surface area (Å²) in [5.41, 5.74) is 12.6. The van der Waals surface area contributed by atoms with Crippen molar-refractivity contribution >= 4 is 8.80 Å². The van der Waals surface area contributed by atoms with Crippen LogP contribution in [-0.2, 0) is 0 Å². The van der Waals surface area contributed by atoms with Gasteiger partial charge in [0.15, 0.2) is 0 Å². The average molecular weight is 543 g/mol. The van der Waals surface area contributed by atoms with Gasteiger partial charge in [-0.2, -0.15) is 0 Å². The predicted molar refractivity (Wildman–Crippen MR) is 170 cm³/mol. The maximum Gasteiger partial charge on any atom is 0.118 e. The zero-order valence-electron chi connectivity index (χ0n) is 24.1. The van der Waals surface area contributed by atoms with Gasteiger partial charge in [0.1, 0.15) is 11.5 Å². The summed E-state index contributed by atoms with van der Waals surface area (Å²) in [7, 11) is 2.08. The van der Waals surface area contributed by atoms with Gasteiger partial charge >= 0.3 is 0 Å². The Morgan fingerprint density at radius 1 is 0.550 bits per heavy atom. The van der Waals surface area contributed by atoms with E-state index in [0.717, 1.165) is 11.5 Å². The highest BCUT2D eigenvalue weighted by Gasteiger charge is 2.40. The molecular weight excluding hydrogens is 504 g/mol. The summed E-state index contributed by atoms with van der Waals surface area (Å²) in [5, 5.41) is 0. The van der Waals surface area contributed by atoms with E-state index in [1.165, 1.54) is 44.6 Å². The van der Waals surface area contributed by atoms with Crippen molar-refractivity contribution in [1.82, 2.24) is 0 Å². The maximum atomic E-state index is 5.42. The topological polar surface area (TPSA) is 18.5 Å². The van der Waals surface area contributed by atoms with Crippen molar-refractivity contribution in [2.45, 2.75) is 43.3 Å². The zero-order chi connectivity index (χ0) is 27.8. The highest BCUT2D eigenvalue weighted by atomic mass is 28.3. The third kappa shape index (κ3) is 4.63. The number of allylic oxidation sites excluding steroid dienone is 16. The van der Waals surface area contributed by atoms with E-state index in [1.54, 1.807) is 14.2 Å². The molecule has 0 fully saturated rings. The molecule has 0 saturated heterocycles. The Hall–Kier alpha value is -3.82. The van der Waals surface area contributed by atoms with Crippen LogP contribution in [0.2, 0.25) is 17.6 Å². The second-order valence-electron chi connectivity index (χ2n) is 11.4. The standard InChI is InChI=1S/C37H38O2Si/c1-24-22-34-30(26-14-18-28(38-3)19-15-26)10-6-8-12-32(34)36(24)40(5)37-25(2)23-35-31(11-7-9-13-33(35)37)27-16-20-29(39-4)21-17-27/h6-23,30-31,36-37,40H,1-5H3. The minimum atomic E-state index is -1.37. The lowest BCUT2D eigenvalue weighted by Crippen LogP contribution is -2.25. The van der Waals surface area contributed by atoms with Crippen LogP contribution < -0.4 is 9.47 Å². The summed E-state index contributed by atoms with van der Waals surface area (Å²) in [4.78, 5) is 0. The molecule has 40 heavy (non-hydrogen) atoms. The van der Waals surface area contributed by atoms with Crippen LogP contribution in [0.4, 0.5) is 0 Å². The molecule has 0 N–H and O–H groups in total. The van der Waals surface area contributed by atoms with E-state index in [-0.39, 0.29) is 11.8 Å². The first-order valence-corrected chi connectivity index (χ1v) is 16.8. The quantitative estimate of drug-likeness (QED) is 0.339. The molecule has 6 rings (SSSR count). The largest absolute Gasteiger partial charge is 0.497 e. The van der Waals surface area contributed by atoms with E-state index in [2.05, 4.69) is 130 Å². The van der Waals surface area contributed by atoms with E-state index in [0.29, 0.717) is 11.1 Å². The first kappa shape index (κ1) is 26.4. The second-order valence-corrected chi connectivity index (χ2v) is 14.5. The van der Waals surface area contributed by atoms with Crippen LogP contribution in [0, 0.1) is 0 Å². The monoisotopic (exact) mass is 542 g/mol. The Labute approximate surface area is 240 Å². The Bertz CT molecular complexity index is 1420. The molecule has 4 unspecified atom stereocenters. The summed E-state index contributed by atoms with van der Waals surface area (Å²) >= 11 is 0. The minimum absolute atomic E-state index is 0.258. The second kappa shape index (κ2) is 11.0. The van der Waals surface area contributed by atoms with Gasteiger partial charge in [-0.15, -0.1) is 0 Å². The molecule has 2 nitrogen and oxygen atoms in total. The predicted octanol–water partition coefficient (Wildman–Crippen LogP) is 8.93. The van der Waals surface area contributed by atoms with Gasteiger partial charge in [-0.25, -0.2) is 0 Å². The lowest BCUT2D eigenvalue weighted by molar-refractivity contribution is 0.414. The highest BCUT2D eigenvalue weighted by molar-refractivity contribution is 6.64. The summed E-state index contributed by atoms with van der Waals surface area (Å²) in [6.07, 6.45) is 23.4. The SMILES string of the molecule is COc1ccc(C2C=CC=CC3=C2C=C(C)C3[SiH](C)C2C(C)=CC3=C2C=CC=CC3c2ccc(OC)cc2)cc1. The van der Waals surface area contributed by atoms with Crippen LogP contribution in [0.1, 0.15) is 36.8 Å². The van der Waals surface area contributed by atoms with Crippen molar-refractivity contribution < 1.29 is 9.47 Å². The van der Waals surface area contributed by atoms with Crippen LogP contribution in [0.15, 0.2) is 143 Å². The smallest absolute Gasteiger partial charge is 0.118 e. The van der Waals surface area contributed by atoms with Gasteiger partial charge in [0.05, 0.1) is 23.0 Å². The van der Waals surface area contributed by atoms with Gasteiger partial charge < -0.3 is 9.47 Å². The molecule has 0 aliphatic heterocycles.